The lowest BCUT2D eigenvalue weighted by Gasteiger charge is -2.22. The second-order valence-electron chi connectivity index (χ2n) is 5.52. The quantitative estimate of drug-likeness (QED) is 0.799. The van der Waals surface area contributed by atoms with Crippen LogP contribution in [0, 0.1) is 5.92 Å². The molecule has 2 N–H and O–H groups in total. The van der Waals surface area contributed by atoms with Crippen molar-refractivity contribution in [3.63, 3.8) is 0 Å². The van der Waals surface area contributed by atoms with Crippen LogP contribution in [0.15, 0.2) is 29.2 Å². The van der Waals surface area contributed by atoms with E-state index in [9.17, 15) is 8.42 Å². The summed E-state index contributed by atoms with van der Waals surface area (Å²) in [4.78, 5) is 2.58. The normalized spacial score (nSPS) is 19.1. The molecule has 0 aromatic heterocycles. The van der Waals surface area contributed by atoms with Gasteiger partial charge in [0.2, 0.25) is 10.0 Å². The second-order valence-corrected chi connectivity index (χ2v) is 7.26. The monoisotopic (exact) mass is 311 g/mol. The molecule has 0 aliphatic carbocycles. The van der Waals surface area contributed by atoms with Gasteiger partial charge in [-0.1, -0.05) is 19.1 Å². The molecule has 1 aliphatic heterocycles. The van der Waals surface area contributed by atoms with Crippen molar-refractivity contribution in [3.8, 4) is 0 Å². The molecule has 0 radical (unpaired) electrons. The average molecular weight is 311 g/mol. The maximum absolute atomic E-state index is 12.4. The van der Waals surface area contributed by atoms with E-state index in [0.29, 0.717) is 17.4 Å². The number of hydrogen-bond acceptors (Lipinski definition) is 4. The average Bonchev–Trinajstić information content (AvgIpc) is 2.94. The number of para-hydroxylation sites is 1. The van der Waals surface area contributed by atoms with Gasteiger partial charge in [0, 0.05) is 19.6 Å². The van der Waals surface area contributed by atoms with Crippen molar-refractivity contribution in [1.82, 2.24) is 10.0 Å². The number of nitrogens with one attached hydrogen (secondary N) is 2. The first-order chi connectivity index (χ1) is 10.1. The van der Waals surface area contributed by atoms with E-state index >= 15 is 0 Å². The van der Waals surface area contributed by atoms with Gasteiger partial charge < -0.3 is 10.2 Å². The Kier molecular flexibility index (Phi) is 5.61. The van der Waals surface area contributed by atoms with E-state index in [1.807, 2.05) is 26.1 Å². The van der Waals surface area contributed by atoms with E-state index in [2.05, 4.69) is 14.9 Å². The summed E-state index contributed by atoms with van der Waals surface area (Å²) in [6.07, 6.45) is 1.88. The van der Waals surface area contributed by atoms with Crippen LogP contribution < -0.4 is 14.9 Å². The SMILES string of the molecule is CCCNS(=O)(=O)c1ccccc1N1CCC(CNC)C1. The zero-order chi connectivity index (χ0) is 15.3. The van der Waals surface area contributed by atoms with Crippen LogP contribution in [-0.4, -0.2) is 41.6 Å². The first-order valence-corrected chi connectivity index (χ1v) is 9.05. The van der Waals surface area contributed by atoms with Crippen molar-refractivity contribution in [2.45, 2.75) is 24.7 Å². The van der Waals surface area contributed by atoms with Crippen LogP contribution in [0.5, 0.6) is 0 Å². The lowest BCUT2D eigenvalue weighted by atomic mass is 10.1. The Hall–Kier alpha value is -1.11. The highest BCUT2D eigenvalue weighted by molar-refractivity contribution is 7.89. The largest absolute Gasteiger partial charge is 0.370 e. The molecular weight excluding hydrogens is 286 g/mol. The van der Waals surface area contributed by atoms with Gasteiger partial charge in [0.05, 0.1) is 5.69 Å². The van der Waals surface area contributed by atoms with Gasteiger partial charge in [-0.3, -0.25) is 0 Å². The van der Waals surface area contributed by atoms with Crippen LogP contribution in [-0.2, 0) is 10.0 Å². The standard InChI is InChI=1S/C15H25N3O2S/c1-3-9-17-21(19,20)15-7-5-4-6-14(15)18-10-8-13(12-18)11-16-2/h4-7,13,16-17H,3,8-12H2,1-2H3. The maximum atomic E-state index is 12.4. The van der Waals surface area contributed by atoms with Crippen LogP contribution in [0.1, 0.15) is 19.8 Å². The minimum atomic E-state index is -3.43. The number of benzene rings is 1. The molecule has 0 amide bonds. The van der Waals surface area contributed by atoms with Crippen LogP contribution in [0.25, 0.3) is 0 Å². The molecule has 1 atom stereocenters. The molecule has 1 aromatic carbocycles. The van der Waals surface area contributed by atoms with Gasteiger partial charge in [0.25, 0.3) is 0 Å². The van der Waals surface area contributed by atoms with Gasteiger partial charge in [0.1, 0.15) is 4.90 Å². The van der Waals surface area contributed by atoms with Crippen molar-refractivity contribution < 1.29 is 8.42 Å². The fraction of sp³-hybridized carbons (Fsp3) is 0.600. The Labute approximate surface area is 127 Å². The summed E-state index contributed by atoms with van der Waals surface area (Å²) < 4.78 is 27.5. The lowest BCUT2D eigenvalue weighted by Crippen LogP contribution is -2.29. The number of sulfonamides is 1. The third-order valence-corrected chi connectivity index (χ3v) is 5.32. The highest BCUT2D eigenvalue weighted by Gasteiger charge is 2.27. The first kappa shape index (κ1) is 16.3. The third kappa shape index (κ3) is 3.96. The molecular formula is C15H25N3O2S. The molecule has 6 heteroatoms. The predicted molar refractivity (Wildman–Crippen MR) is 86.2 cm³/mol. The molecule has 1 aliphatic rings. The molecule has 2 rings (SSSR count). The van der Waals surface area contributed by atoms with Gasteiger partial charge in [-0.05, 0) is 44.5 Å². The zero-order valence-corrected chi connectivity index (χ0v) is 13.6. The maximum Gasteiger partial charge on any atom is 0.242 e. The molecule has 1 aromatic rings. The van der Waals surface area contributed by atoms with Crippen molar-refractivity contribution in [3.05, 3.63) is 24.3 Å². The fourth-order valence-electron chi connectivity index (χ4n) is 2.77. The van der Waals surface area contributed by atoms with Crippen molar-refractivity contribution in [2.75, 3.05) is 38.1 Å². The highest BCUT2D eigenvalue weighted by Crippen LogP contribution is 2.29. The molecule has 5 nitrogen and oxygen atoms in total. The Balaban J connectivity index is 2.22. The van der Waals surface area contributed by atoms with Gasteiger partial charge in [0.15, 0.2) is 0 Å². The minimum absolute atomic E-state index is 0.392. The van der Waals surface area contributed by atoms with Crippen LogP contribution >= 0.6 is 0 Å². The molecule has 1 fully saturated rings. The number of rotatable bonds is 7. The predicted octanol–water partition coefficient (Wildman–Crippen LogP) is 1.42. The Morgan fingerprint density at radius 1 is 1.33 bits per heavy atom. The summed E-state index contributed by atoms with van der Waals surface area (Å²) in [5, 5.41) is 3.20. The van der Waals surface area contributed by atoms with E-state index < -0.39 is 10.0 Å². The first-order valence-electron chi connectivity index (χ1n) is 7.56. The second kappa shape index (κ2) is 7.24. The Morgan fingerprint density at radius 3 is 2.81 bits per heavy atom. The molecule has 0 saturated carbocycles. The summed E-state index contributed by atoms with van der Waals surface area (Å²) in [6.45, 7) is 5.21. The Bertz CT molecular complexity index is 560. The topological polar surface area (TPSA) is 61.4 Å². The molecule has 21 heavy (non-hydrogen) atoms. The summed E-state index contributed by atoms with van der Waals surface area (Å²) >= 11 is 0. The van der Waals surface area contributed by atoms with Gasteiger partial charge in [-0.25, -0.2) is 13.1 Å². The van der Waals surface area contributed by atoms with E-state index in [-0.39, 0.29) is 0 Å². The molecule has 1 saturated heterocycles. The van der Waals surface area contributed by atoms with Gasteiger partial charge in [-0.15, -0.1) is 0 Å². The van der Waals surface area contributed by atoms with Crippen LogP contribution in [0.2, 0.25) is 0 Å². The number of hydrogen-bond donors (Lipinski definition) is 2. The summed E-state index contributed by atoms with van der Waals surface area (Å²) in [5.41, 5.74) is 0.819. The zero-order valence-electron chi connectivity index (χ0n) is 12.8. The van der Waals surface area contributed by atoms with Crippen molar-refractivity contribution in [1.29, 1.82) is 0 Å². The van der Waals surface area contributed by atoms with Crippen molar-refractivity contribution in [2.24, 2.45) is 5.92 Å². The fourth-order valence-corrected chi connectivity index (χ4v) is 4.13. The molecule has 1 heterocycles. The van der Waals surface area contributed by atoms with Gasteiger partial charge >= 0.3 is 0 Å². The molecule has 0 bridgehead atoms. The van der Waals surface area contributed by atoms with Crippen LogP contribution in [0.4, 0.5) is 5.69 Å². The smallest absolute Gasteiger partial charge is 0.242 e. The Morgan fingerprint density at radius 2 is 2.10 bits per heavy atom. The highest BCUT2D eigenvalue weighted by atomic mass is 32.2. The summed E-state index contributed by atoms with van der Waals surface area (Å²) in [6, 6.07) is 7.28. The lowest BCUT2D eigenvalue weighted by molar-refractivity contribution is 0.548. The molecule has 118 valence electrons. The summed E-state index contributed by atoms with van der Waals surface area (Å²) in [5.74, 6) is 0.578. The van der Waals surface area contributed by atoms with Gasteiger partial charge in [-0.2, -0.15) is 0 Å². The molecule has 1 unspecified atom stereocenters. The van der Waals surface area contributed by atoms with E-state index in [4.69, 9.17) is 0 Å². The van der Waals surface area contributed by atoms with Crippen LogP contribution in [0.3, 0.4) is 0 Å². The minimum Gasteiger partial charge on any atom is -0.370 e. The van der Waals surface area contributed by atoms with Crippen molar-refractivity contribution >= 4 is 15.7 Å². The number of anilines is 1. The van der Waals surface area contributed by atoms with E-state index in [1.54, 1.807) is 12.1 Å². The number of nitrogens with zero attached hydrogens (tertiary/aromatic N) is 1. The van der Waals surface area contributed by atoms with E-state index in [1.165, 1.54) is 0 Å². The molecule has 0 spiro atoms. The van der Waals surface area contributed by atoms with E-state index in [0.717, 1.165) is 38.2 Å². The third-order valence-electron chi connectivity index (χ3n) is 3.82. The summed E-state index contributed by atoms with van der Waals surface area (Å²) in [7, 11) is -1.47.